The van der Waals surface area contributed by atoms with Gasteiger partial charge in [0.1, 0.15) is 16.2 Å². The molecule has 5 rings (SSSR count). The molecule has 1 aliphatic heterocycles. The highest BCUT2D eigenvalue weighted by Gasteiger charge is 2.25. The van der Waals surface area contributed by atoms with E-state index in [1.54, 1.807) is 29.4 Å². The van der Waals surface area contributed by atoms with E-state index in [1.807, 2.05) is 34.9 Å². The van der Waals surface area contributed by atoms with Crippen LogP contribution in [0.5, 0.6) is 0 Å². The minimum Gasteiger partial charge on any atom is -0.310 e. The topological polar surface area (TPSA) is 46.1 Å². The van der Waals surface area contributed by atoms with Crippen LogP contribution < -0.4 is 4.90 Å². The Morgan fingerprint density at radius 2 is 2.15 bits per heavy atom. The van der Waals surface area contributed by atoms with E-state index >= 15 is 0 Å². The smallest absolute Gasteiger partial charge is 0.237 e. The molecule has 0 N–H and O–H groups in total. The number of aromatic nitrogens is 2. The van der Waals surface area contributed by atoms with Crippen LogP contribution in [-0.2, 0) is 17.6 Å². The average molecular weight is 400 g/mol. The molecule has 3 heterocycles. The minimum absolute atomic E-state index is 0.154. The zero-order valence-electron chi connectivity index (χ0n) is 14.1. The van der Waals surface area contributed by atoms with Crippen molar-refractivity contribution in [2.24, 2.45) is 0 Å². The van der Waals surface area contributed by atoms with E-state index in [4.69, 9.17) is 0 Å². The third kappa shape index (κ3) is 2.82. The number of nitrogens with zero attached hydrogens (tertiary/aromatic N) is 3. The van der Waals surface area contributed by atoms with Gasteiger partial charge in [0.2, 0.25) is 5.91 Å². The second-order valence-electron chi connectivity index (χ2n) is 6.37. The molecule has 0 atom stereocenters. The first-order chi connectivity index (χ1) is 12.8. The van der Waals surface area contributed by atoms with Crippen LogP contribution in [0.2, 0.25) is 0 Å². The lowest BCUT2D eigenvalue weighted by molar-refractivity contribution is -0.116. The fraction of sp³-hybridized carbons (Fsp3) is 0.316. The van der Waals surface area contributed by atoms with Crippen LogP contribution in [0.25, 0.3) is 10.2 Å². The lowest BCUT2D eigenvalue weighted by Crippen LogP contribution is -2.36. The molecule has 2 aromatic heterocycles. The third-order valence-electron chi connectivity index (χ3n) is 4.83. The Kier molecular flexibility index (Phi) is 4.38. The molecule has 26 heavy (non-hydrogen) atoms. The second kappa shape index (κ2) is 6.87. The molecule has 2 aliphatic rings. The SMILES string of the molecule is O=C(CSc1ncnc2sc3c(c12)CCC3)N1CCSc2ccccc21. The fourth-order valence-electron chi connectivity index (χ4n) is 3.65. The first-order valence-corrected chi connectivity index (χ1v) is 11.5. The van der Waals surface area contributed by atoms with E-state index in [2.05, 4.69) is 16.0 Å². The van der Waals surface area contributed by atoms with Crippen LogP contribution in [-0.4, -0.2) is 33.9 Å². The number of para-hydroxylation sites is 1. The van der Waals surface area contributed by atoms with Gasteiger partial charge in [0.25, 0.3) is 0 Å². The monoisotopic (exact) mass is 399 g/mol. The van der Waals surface area contributed by atoms with Crippen molar-refractivity contribution in [3.63, 3.8) is 0 Å². The zero-order chi connectivity index (χ0) is 17.5. The molecule has 1 aliphatic carbocycles. The van der Waals surface area contributed by atoms with Crippen molar-refractivity contribution in [3.05, 3.63) is 41.0 Å². The zero-order valence-corrected chi connectivity index (χ0v) is 16.6. The molecule has 7 heteroatoms. The number of benzene rings is 1. The predicted molar refractivity (Wildman–Crippen MR) is 110 cm³/mol. The van der Waals surface area contributed by atoms with Gasteiger partial charge in [-0.15, -0.1) is 23.1 Å². The highest BCUT2D eigenvalue weighted by Crippen LogP contribution is 2.40. The van der Waals surface area contributed by atoms with Gasteiger partial charge in [-0.2, -0.15) is 0 Å². The van der Waals surface area contributed by atoms with Crippen molar-refractivity contribution in [2.45, 2.75) is 29.2 Å². The number of amides is 1. The molecule has 0 saturated carbocycles. The number of anilines is 1. The highest BCUT2D eigenvalue weighted by molar-refractivity contribution is 8.00. The number of aryl methyl sites for hydroxylation is 2. The van der Waals surface area contributed by atoms with Crippen LogP contribution in [0.3, 0.4) is 0 Å². The fourth-order valence-corrected chi connectivity index (χ4v) is 6.84. The van der Waals surface area contributed by atoms with Gasteiger partial charge >= 0.3 is 0 Å². The summed E-state index contributed by atoms with van der Waals surface area (Å²) in [6, 6.07) is 8.16. The summed E-state index contributed by atoms with van der Waals surface area (Å²) < 4.78 is 0. The molecule has 132 valence electrons. The van der Waals surface area contributed by atoms with E-state index < -0.39 is 0 Å². The first-order valence-electron chi connectivity index (χ1n) is 8.71. The van der Waals surface area contributed by atoms with Crippen molar-refractivity contribution < 1.29 is 4.79 Å². The van der Waals surface area contributed by atoms with Gasteiger partial charge in [-0.1, -0.05) is 23.9 Å². The Morgan fingerprint density at radius 1 is 1.23 bits per heavy atom. The molecule has 0 spiro atoms. The quantitative estimate of drug-likeness (QED) is 0.482. The number of thiophene rings is 1. The van der Waals surface area contributed by atoms with E-state index in [9.17, 15) is 4.79 Å². The number of fused-ring (bicyclic) bond motifs is 4. The van der Waals surface area contributed by atoms with Crippen LogP contribution in [0.15, 0.2) is 40.5 Å². The van der Waals surface area contributed by atoms with Crippen molar-refractivity contribution in [3.8, 4) is 0 Å². The molecule has 1 amide bonds. The maximum atomic E-state index is 12.9. The Labute approximate surface area is 164 Å². The molecule has 0 radical (unpaired) electrons. The number of carbonyl (C=O) groups is 1. The van der Waals surface area contributed by atoms with Gasteiger partial charge in [0.05, 0.1) is 11.4 Å². The maximum absolute atomic E-state index is 12.9. The lowest BCUT2D eigenvalue weighted by atomic mass is 10.2. The van der Waals surface area contributed by atoms with Crippen molar-refractivity contribution in [2.75, 3.05) is 23.0 Å². The van der Waals surface area contributed by atoms with E-state index in [0.717, 1.165) is 40.7 Å². The van der Waals surface area contributed by atoms with E-state index in [0.29, 0.717) is 5.75 Å². The van der Waals surface area contributed by atoms with Crippen molar-refractivity contribution >= 4 is 56.7 Å². The van der Waals surface area contributed by atoms with Gasteiger partial charge in [-0.25, -0.2) is 9.97 Å². The average Bonchev–Trinajstić information content (AvgIpc) is 3.26. The van der Waals surface area contributed by atoms with Gasteiger partial charge in [-0.05, 0) is 37.0 Å². The summed E-state index contributed by atoms with van der Waals surface area (Å²) in [6.45, 7) is 0.772. The maximum Gasteiger partial charge on any atom is 0.237 e. The van der Waals surface area contributed by atoms with Crippen molar-refractivity contribution in [1.29, 1.82) is 0 Å². The summed E-state index contributed by atoms with van der Waals surface area (Å²) >= 11 is 5.17. The Morgan fingerprint density at radius 3 is 3.12 bits per heavy atom. The standard InChI is InChI=1S/C19H17N3OS3/c23-16(22-8-9-24-15-6-2-1-5-13(15)22)10-25-18-17-12-4-3-7-14(12)26-19(17)21-11-20-18/h1-2,5-6,11H,3-4,7-10H2. The third-order valence-corrected chi connectivity index (χ3v) is 8.05. The first kappa shape index (κ1) is 16.6. The lowest BCUT2D eigenvalue weighted by Gasteiger charge is -2.28. The molecule has 0 unspecified atom stereocenters. The molecule has 3 aromatic rings. The van der Waals surface area contributed by atoms with Crippen LogP contribution in [0.4, 0.5) is 5.69 Å². The largest absolute Gasteiger partial charge is 0.310 e. The molecular weight excluding hydrogens is 382 g/mol. The molecule has 4 nitrogen and oxygen atoms in total. The van der Waals surface area contributed by atoms with E-state index in [-0.39, 0.29) is 5.91 Å². The molecule has 0 fully saturated rings. The summed E-state index contributed by atoms with van der Waals surface area (Å²) in [5, 5.41) is 2.15. The van der Waals surface area contributed by atoms with E-state index in [1.165, 1.54) is 27.1 Å². The number of hydrogen-bond acceptors (Lipinski definition) is 6. The number of carbonyl (C=O) groups excluding carboxylic acids is 1. The molecule has 0 bridgehead atoms. The van der Waals surface area contributed by atoms with Gasteiger partial charge in [-0.3, -0.25) is 4.79 Å². The summed E-state index contributed by atoms with van der Waals surface area (Å²) in [5.41, 5.74) is 2.46. The Hall–Kier alpha value is -1.57. The van der Waals surface area contributed by atoms with Gasteiger partial charge < -0.3 is 4.90 Å². The Bertz CT molecular complexity index is 1000. The second-order valence-corrected chi connectivity index (χ2v) is 9.55. The number of thioether (sulfide) groups is 2. The Balaban J connectivity index is 1.39. The predicted octanol–water partition coefficient (Wildman–Crippen LogP) is 4.41. The summed E-state index contributed by atoms with van der Waals surface area (Å²) in [7, 11) is 0. The molecular formula is C19H17N3OS3. The number of hydrogen-bond donors (Lipinski definition) is 0. The van der Waals surface area contributed by atoms with Crippen molar-refractivity contribution in [1.82, 2.24) is 9.97 Å². The molecule has 0 saturated heterocycles. The summed E-state index contributed by atoms with van der Waals surface area (Å²) in [6.07, 6.45) is 5.12. The normalized spacial score (nSPS) is 15.9. The number of rotatable bonds is 3. The van der Waals surface area contributed by atoms with Gasteiger partial charge in [0.15, 0.2) is 0 Å². The minimum atomic E-state index is 0.154. The van der Waals surface area contributed by atoms with Crippen LogP contribution >= 0.6 is 34.9 Å². The van der Waals surface area contributed by atoms with Gasteiger partial charge in [0, 0.05) is 27.5 Å². The van der Waals surface area contributed by atoms with Crippen LogP contribution in [0.1, 0.15) is 16.9 Å². The summed E-state index contributed by atoms with van der Waals surface area (Å²) in [5.74, 6) is 1.51. The molecule has 1 aromatic carbocycles. The highest BCUT2D eigenvalue weighted by atomic mass is 32.2. The van der Waals surface area contributed by atoms with Crippen LogP contribution in [0, 0.1) is 0 Å². The summed E-state index contributed by atoms with van der Waals surface area (Å²) in [4.78, 5) is 27.5.